The van der Waals surface area contributed by atoms with Crippen molar-refractivity contribution in [1.29, 1.82) is 0 Å². The Balaban J connectivity index is 1.95. The fourth-order valence-corrected chi connectivity index (χ4v) is 3.50. The predicted octanol–water partition coefficient (Wildman–Crippen LogP) is 5.24. The number of carbonyl (C=O) groups excluding carboxylic acids is 1. The molecule has 1 aliphatic carbocycles. The second-order valence-corrected chi connectivity index (χ2v) is 7.14. The zero-order chi connectivity index (χ0) is 16.8. The lowest BCUT2D eigenvalue weighted by molar-refractivity contribution is 0.0869. The Bertz CT molecular complexity index is 516. The maximum absolute atomic E-state index is 12.7. The third-order valence-electron chi connectivity index (χ3n) is 4.84. The Labute approximate surface area is 140 Å². The quantitative estimate of drug-likeness (QED) is 0.553. The maximum Gasteiger partial charge on any atom is 0.166 e. The average molecular weight is 317 g/mol. The summed E-state index contributed by atoms with van der Waals surface area (Å²) in [5.41, 5.74) is 7.33. The normalized spacial score (nSPS) is 21.4. The van der Waals surface area contributed by atoms with Crippen molar-refractivity contribution in [1.82, 2.24) is 0 Å². The van der Waals surface area contributed by atoms with Crippen LogP contribution in [0.2, 0.25) is 0 Å². The molecule has 1 fully saturated rings. The van der Waals surface area contributed by atoms with Crippen LogP contribution in [0, 0.1) is 11.8 Å². The largest absolute Gasteiger partial charge is 0.489 e. The van der Waals surface area contributed by atoms with Crippen LogP contribution in [0.4, 0.5) is 5.69 Å². The summed E-state index contributed by atoms with van der Waals surface area (Å²) in [6, 6.07) is 5.47. The van der Waals surface area contributed by atoms with Crippen LogP contribution in [0.3, 0.4) is 0 Å². The van der Waals surface area contributed by atoms with Gasteiger partial charge in [-0.15, -0.1) is 0 Å². The summed E-state index contributed by atoms with van der Waals surface area (Å²) in [7, 11) is 0. The number of hydrogen-bond acceptors (Lipinski definition) is 3. The Morgan fingerprint density at radius 3 is 2.52 bits per heavy atom. The molecule has 1 aromatic carbocycles. The molecule has 3 nitrogen and oxygen atoms in total. The van der Waals surface area contributed by atoms with E-state index in [1.165, 1.54) is 32.1 Å². The van der Waals surface area contributed by atoms with Gasteiger partial charge >= 0.3 is 0 Å². The van der Waals surface area contributed by atoms with E-state index in [4.69, 9.17) is 10.5 Å². The van der Waals surface area contributed by atoms with Crippen molar-refractivity contribution in [3.05, 3.63) is 23.8 Å². The number of carbonyl (C=O) groups is 1. The number of ether oxygens (including phenoxy) is 1. The first-order chi connectivity index (χ1) is 11.0. The molecule has 0 atom stereocenters. The van der Waals surface area contributed by atoms with Gasteiger partial charge in [0.2, 0.25) is 0 Å². The first-order valence-corrected chi connectivity index (χ1v) is 9.11. The van der Waals surface area contributed by atoms with Crippen LogP contribution < -0.4 is 10.5 Å². The van der Waals surface area contributed by atoms with Gasteiger partial charge in [0.05, 0.1) is 11.8 Å². The number of rotatable bonds is 7. The van der Waals surface area contributed by atoms with Crippen molar-refractivity contribution < 1.29 is 9.53 Å². The molecule has 0 aliphatic heterocycles. The molecular formula is C20H31NO2. The Kier molecular flexibility index (Phi) is 6.49. The highest BCUT2D eigenvalue weighted by molar-refractivity contribution is 5.99. The van der Waals surface area contributed by atoms with Gasteiger partial charge in [0.15, 0.2) is 5.78 Å². The molecule has 0 aromatic heterocycles. The third-order valence-corrected chi connectivity index (χ3v) is 4.84. The predicted molar refractivity (Wildman–Crippen MR) is 95.9 cm³/mol. The third kappa shape index (κ3) is 4.98. The van der Waals surface area contributed by atoms with Crippen molar-refractivity contribution >= 4 is 11.5 Å². The minimum Gasteiger partial charge on any atom is -0.489 e. The van der Waals surface area contributed by atoms with E-state index in [1.54, 1.807) is 6.07 Å². The lowest BCUT2D eigenvalue weighted by atomic mass is 9.77. The summed E-state index contributed by atoms with van der Waals surface area (Å²) >= 11 is 0. The van der Waals surface area contributed by atoms with Crippen molar-refractivity contribution in [2.45, 2.75) is 71.8 Å². The molecule has 2 rings (SSSR count). The van der Waals surface area contributed by atoms with E-state index in [0.717, 1.165) is 24.3 Å². The molecule has 3 heteroatoms. The van der Waals surface area contributed by atoms with Crippen LogP contribution in [-0.4, -0.2) is 11.9 Å². The number of unbranched alkanes of at least 4 members (excludes halogenated alkanes) is 1. The van der Waals surface area contributed by atoms with E-state index in [-0.39, 0.29) is 17.8 Å². The van der Waals surface area contributed by atoms with Gasteiger partial charge in [-0.1, -0.05) is 26.2 Å². The van der Waals surface area contributed by atoms with Crippen molar-refractivity contribution in [3.8, 4) is 5.75 Å². The highest BCUT2D eigenvalue weighted by Crippen LogP contribution is 2.34. The van der Waals surface area contributed by atoms with Crippen LogP contribution in [0.5, 0.6) is 5.75 Å². The number of ketones is 1. The standard InChI is InChI=1S/C20H31NO2/c1-4-5-6-15-7-9-16(10-8-15)20(22)17-11-12-19(18(21)13-17)23-14(2)3/h11-16H,4-10,21H2,1-3H3. The monoisotopic (exact) mass is 317 g/mol. The SMILES string of the molecule is CCCCC1CCC(C(=O)c2ccc(OC(C)C)c(N)c2)CC1. The van der Waals surface area contributed by atoms with Crippen molar-refractivity contribution in [3.63, 3.8) is 0 Å². The molecule has 128 valence electrons. The number of anilines is 1. The van der Waals surface area contributed by atoms with Crippen LogP contribution in [0.1, 0.15) is 76.1 Å². The molecule has 1 aliphatic rings. The van der Waals surface area contributed by atoms with E-state index in [1.807, 2.05) is 26.0 Å². The number of hydrogen-bond donors (Lipinski definition) is 1. The molecule has 0 spiro atoms. The number of nitrogens with two attached hydrogens (primary N) is 1. The van der Waals surface area contributed by atoms with Gasteiger partial charge in [-0.05, 0) is 63.6 Å². The van der Waals surface area contributed by atoms with Gasteiger partial charge < -0.3 is 10.5 Å². The van der Waals surface area contributed by atoms with E-state index >= 15 is 0 Å². The fraction of sp³-hybridized carbons (Fsp3) is 0.650. The van der Waals surface area contributed by atoms with E-state index in [0.29, 0.717) is 11.4 Å². The second-order valence-electron chi connectivity index (χ2n) is 7.14. The maximum atomic E-state index is 12.7. The zero-order valence-electron chi connectivity index (χ0n) is 14.8. The van der Waals surface area contributed by atoms with Crippen LogP contribution in [0.25, 0.3) is 0 Å². The molecule has 0 amide bonds. The summed E-state index contributed by atoms with van der Waals surface area (Å²) in [6.45, 7) is 6.18. The highest BCUT2D eigenvalue weighted by atomic mass is 16.5. The Hall–Kier alpha value is -1.51. The van der Waals surface area contributed by atoms with Crippen LogP contribution >= 0.6 is 0 Å². The molecule has 1 saturated carbocycles. The highest BCUT2D eigenvalue weighted by Gasteiger charge is 2.27. The number of nitrogen functional groups attached to an aromatic ring is 1. The Morgan fingerprint density at radius 1 is 1.26 bits per heavy atom. The summed E-state index contributed by atoms with van der Waals surface area (Å²) in [6.07, 6.45) is 8.43. The molecule has 0 unspecified atom stereocenters. The van der Waals surface area contributed by atoms with Gasteiger partial charge in [-0.3, -0.25) is 4.79 Å². The van der Waals surface area contributed by atoms with E-state index in [2.05, 4.69) is 6.92 Å². The Morgan fingerprint density at radius 2 is 1.96 bits per heavy atom. The first-order valence-electron chi connectivity index (χ1n) is 9.11. The first kappa shape index (κ1) is 17.8. The van der Waals surface area contributed by atoms with E-state index in [9.17, 15) is 4.79 Å². The molecule has 1 aromatic rings. The minimum atomic E-state index is 0.0808. The van der Waals surface area contributed by atoms with Crippen molar-refractivity contribution in [2.24, 2.45) is 11.8 Å². The topological polar surface area (TPSA) is 52.3 Å². The fourth-order valence-electron chi connectivity index (χ4n) is 3.50. The van der Waals surface area contributed by atoms with Gasteiger partial charge in [0, 0.05) is 11.5 Å². The van der Waals surface area contributed by atoms with E-state index < -0.39 is 0 Å². The number of Topliss-reactive ketones (excluding diaryl/α,β-unsaturated/α-hetero) is 1. The summed E-state index contributed by atoms with van der Waals surface area (Å²) in [4.78, 5) is 12.7. The molecule has 2 N–H and O–H groups in total. The molecular weight excluding hydrogens is 286 g/mol. The molecule has 0 heterocycles. The van der Waals surface area contributed by atoms with Gasteiger partial charge in [-0.2, -0.15) is 0 Å². The molecule has 0 saturated heterocycles. The molecule has 0 bridgehead atoms. The second kappa shape index (κ2) is 8.37. The molecule has 23 heavy (non-hydrogen) atoms. The van der Waals surface area contributed by atoms with Gasteiger partial charge in [-0.25, -0.2) is 0 Å². The van der Waals surface area contributed by atoms with Gasteiger partial charge in [0.1, 0.15) is 5.75 Å². The van der Waals surface area contributed by atoms with Crippen molar-refractivity contribution in [2.75, 3.05) is 5.73 Å². The summed E-state index contributed by atoms with van der Waals surface area (Å²) < 4.78 is 5.64. The minimum absolute atomic E-state index is 0.0808. The smallest absolute Gasteiger partial charge is 0.166 e. The molecule has 0 radical (unpaired) electrons. The lowest BCUT2D eigenvalue weighted by Gasteiger charge is -2.27. The average Bonchev–Trinajstić information content (AvgIpc) is 2.54. The summed E-state index contributed by atoms with van der Waals surface area (Å²) in [5, 5.41) is 0. The van der Waals surface area contributed by atoms with Gasteiger partial charge in [0.25, 0.3) is 0 Å². The number of benzene rings is 1. The lowest BCUT2D eigenvalue weighted by Crippen LogP contribution is -2.22. The van der Waals surface area contributed by atoms with Crippen LogP contribution in [-0.2, 0) is 0 Å². The summed E-state index contributed by atoms with van der Waals surface area (Å²) in [5.74, 6) is 1.91. The zero-order valence-corrected chi connectivity index (χ0v) is 14.8. The van der Waals surface area contributed by atoms with Crippen LogP contribution in [0.15, 0.2) is 18.2 Å².